The SMILES string of the molecule is CO[C@H]1CN(C)C(=O)c2ccc(NC(=O)C3CCC3)cc2OC[C@@H](C)N(Cc2cccnc2)C[C@H]1C. The lowest BCUT2D eigenvalue weighted by Gasteiger charge is -2.36. The molecule has 0 bridgehead atoms. The van der Waals surface area contributed by atoms with Gasteiger partial charge in [0.2, 0.25) is 5.91 Å². The highest BCUT2D eigenvalue weighted by Gasteiger charge is 2.29. The molecule has 1 fully saturated rings. The van der Waals surface area contributed by atoms with Gasteiger partial charge in [0.05, 0.1) is 11.7 Å². The number of rotatable bonds is 5. The van der Waals surface area contributed by atoms with E-state index in [1.54, 1.807) is 43.5 Å². The number of anilines is 1. The van der Waals surface area contributed by atoms with Gasteiger partial charge in [-0.25, -0.2) is 0 Å². The number of hydrogen-bond donors (Lipinski definition) is 1. The first kappa shape index (κ1) is 26.1. The van der Waals surface area contributed by atoms with Crippen LogP contribution in [0.4, 0.5) is 5.69 Å². The molecule has 0 radical (unpaired) electrons. The average Bonchev–Trinajstić information content (AvgIpc) is 2.83. The van der Waals surface area contributed by atoms with Crippen LogP contribution in [0.5, 0.6) is 5.75 Å². The first-order chi connectivity index (χ1) is 17.4. The summed E-state index contributed by atoms with van der Waals surface area (Å²) in [4.78, 5) is 34.2. The summed E-state index contributed by atoms with van der Waals surface area (Å²) in [7, 11) is 3.49. The normalized spacial score (nSPS) is 24.1. The van der Waals surface area contributed by atoms with Gasteiger partial charge in [-0.15, -0.1) is 0 Å². The van der Waals surface area contributed by atoms with Crippen molar-refractivity contribution in [2.24, 2.45) is 11.8 Å². The maximum Gasteiger partial charge on any atom is 0.257 e. The minimum atomic E-state index is -0.128. The number of carbonyl (C=O) groups excluding carboxylic acids is 2. The molecule has 0 spiro atoms. The Morgan fingerprint density at radius 1 is 1.22 bits per heavy atom. The number of likely N-dealkylation sites (N-methyl/N-ethyl adjacent to an activating group) is 1. The zero-order chi connectivity index (χ0) is 25.7. The summed E-state index contributed by atoms with van der Waals surface area (Å²) in [6.45, 7) is 6.67. The highest BCUT2D eigenvalue weighted by atomic mass is 16.5. The molecule has 36 heavy (non-hydrogen) atoms. The molecular formula is C28H38N4O4. The van der Waals surface area contributed by atoms with Crippen LogP contribution in [0.2, 0.25) is 0 Å². The summed E-state index contributed by atoms with van der Waals surface area (Å²) < 4.78 is 12.1. The minimum Gasteiger partial charge on any atom is -0.491 e. The first-order valence-corrected chi connectivity index (χ1v) is 12.8. The van der Waals surface area contributed by atoms with Crippen LogP contribution in [0.25, 0.3) is 0 Å². The van der Waals surface area contributed by atoms with E-state index in [2.05, 4.69) is 35.1 Å². The van der Waals surface area contributed by atoms with E-state index >= 15 is 0 Å². The van der Waals surface area contributed by atoms with Gasteiger partial charge in [-0.3, -0.25) is 19.5 Å². The van der Waals surface area contributed by atoms with Crippen LogP contribution in [0, 0.1) is 11.8 Å². The Morgan fingerprint density at radius 3 is 2.69 bits per heavy atom. The van der Waals surface area contributed by atoms with Crippen molar-refractivity contribution in [2.75, 3.05) is 39.2 Å². The van der Waals surface area contributed by atoms with Crippen molar-refractivity contribution in [3.05, 3.63) is 53.9 Å². The molecule has 1 aromatic carbocycles. The molecular weight excluding hydrogens is 456 g/mol. The van der Waals surface area contributed by atoms with Crippen molar-refractivity contribution in [1.82, 2.24) is 14.8 Å². The highest BCUT2D eigenvalue weighted by Crippen LogP contribution is 2.30. The number of pyridine rings is 1. The van der Waals surface area contributed by atoms with Crippen molar-refractivity contribution >= 4 is 17.5 Å². The maximum absolute atomic E-state index is 13.4. The third-order valence-corrected chi connectivity index (χ3v) is 7.43. The van der Waals surface area contributed by atoms with Crippen molar-refractivity contribution in [2.45, 2.75) is 51.8 Å². The molecule has 3 atom stereocenters. The molecule has 1 N–H and O–H groups in total. The molecule has 2 aliphatic rings. The molecule has 2 heterocycles. The quantitative estimate of drug-likeness (QED) is 0.680. The number of benzene rings is 1. The number of amides is 2. The van der Waals surface area contributed by atoms with E-state index in [0.29, 0.717) is 30.2 Å². The van der Waals surface area contributed by atoms with Crippen LogP contribution in [0.15, 0.2) is 42.7 Å². The summed E-state index contributed by atoms with van der Waals surface area (Å²) in [5, 5.41) is 3.00. The predicted molar refractivity (Wildman–Crippen MR) is 139 cm³/mol. The second kappa shape index (κ2) is 11.8. The number of ether oxygens (including phenoxy) is 2. The number of fused-ring (bicyclic) bond motifs is 1. The summed E-state index contributed by atoms with van der Waals surface area (Å²) >= 11 is 0. The lowest BCUT2D eigenvalue weighted by molar-refractivity contribution is -0.122. The molecule has 2 aromatic rings. The van der Waals surface area contributed by atoms with Crippen LogP contribution < -0.4 is 10.1 Å². The Bertz CT molecular complexity index is 1040. The lowest BCUT2D eigenvalue weighted by atomic mass is 9.85. The summed E-state index contributed by atoms with van der Waals surface area (Å²) in [6, 6.07) is 9.40. The Kier molecular flexibility index (Phi) is 8.59. The van der Waals surface area contributed by atoms with Crippen LogP contribution in [0.1, 0.15) is 49.0 Å². The van der Waals surface area contributed by atoms with Gasteiger partial charge in [0.1, 0.15) is 12.4 Å². The lowest BCUT2D eigenvalue weighted by Crippen LogP contribution is -2.46. The molecule has 1 aromatic heterocycles. The van der Waals surface area contributed by atoms with Crippen molar-refractivity contribution in [3.8, 4) is 5.75 Å². The minimum absolute atomic E-state index is 0.0331. The fraction of sp³-hybridized carbons (Fsp3) is 0.536. The predicted octanol–water partition coefficient (Wildman–Crippen LogP) is 3.83. The van der Waals surface area contributed by atoms with E-state index < -0.39 is 0 Å². The van der Waals surface area contributed by atoms with Gasteiger partial charge in [0.25, 0.3) is 5.91 Å². The molecule has 0 unspecified atom stereocenters. The molecule has 8 heteroatoms. The van der Waals surface area contributed by atoms with E-state index in [9.17, 15) is 9.59 Å². The molecule has 1 aliphatic carbocycles. The second-order valence-electron chi connectivity index (χ2n) is 10.2. The van der Waals surface area contributed by atoms with Crippen molar-refractivity contribution in [1.29, 1.82) is 0 Å². The number of nitrogens with zero attached hydrogens (tertiary/aromatic N) is 3. The topological polar surface area (TPSA) is 84.0 Å². The number of methoxy groups -OCH3 is 1. The number of carbonyl (C=O) groups is 2. The highest BCUT2D eigenvalue weighted by molar-refractivity contribution is 5.99. The monoisotopic (exact) mass is 494 g/mol. The van der Waals surface area contributed by atoms with Crippen LogP contribution in [-0.2, 0) is 16.1 Å². The molecule has 2 amide bonds. The zero-order valence-corrected chi connectivity index (χ0v) is 21.8. The van der Waals surface area contributed by atoms with E-state index in [1.165, 1.54) is 0 Å². The largest absolute Gasteiger partial charge is 0.491 e. The van der Waals surface area contributed by atoms with E-state index in [0.717, 1.165) is 37.9 Å². The van der Waals surface area contributed by atoms with Gasteiger partial charge in [-0.2, -0.15) is 0 Å². The third kappa shape index (κ3) is 6.23. The van der Waals surface area contributed by atoms with E-state index in [-0.39, 0.29) is 35.8 Å². The van der Waals surface area contributed by atoms with Gasteiger partial charge in [-0.05, 0) is 49.4 Å². The van der Waals surface area contributed by atoms with E-state index in [4.69, 9.17) is 9.47 Å². The van der Waals surface area contributed by atoms with Crippen molar-refractivity contribution in [3.63, 3.8) is 0 Å². The van der Waals surface area contributed by atoms with Crippen LogP contribution in [0.3, 0.4) is 0 Å². The molecule has 4 rings (SSSR count). The van der Waals surface area contributed by atoms with Crippen LogP contribution in [-0.4, -0.2) is 72.6 Å². The fourth-order valence-electron chi connectivity index (χ4n) is 4.79. The van der Waals surface area contributed by atoms with Gasteiger partial charge < -0.3 is 19.7 Å². The van der Waals surface area contributed by atoms with Gasteiger partial charge in [0, 0.05) is 69.9 Å². The Hall–Kier alpha value is -2.97. The molecule has 0 saturated heterocycles. The Morgan fingerprint density at radius 2 is 2.03 bits per heavy atom. The van der Waals surface area contributed by atoms with Gasteiger partial charge >= 0.3 is 0 Å². The smallest absolute Gasteiger partial charge is 0.257 e. The fourth-order valence-corrected chi connectivity index (χ4v) is 4.79. The van der Waals surface area contributed by atoms with Crippen LogP contribution >= 0.6 is 0 Å². The third-order valence-electron chi connectivity index (χ3n) is 7.43. The maximum atomic E-state index is 13.4. The molecule has 1 saturated carbocycles. The van der Waals surface area contributed by atoms with Crippen molar-refractivity contribution < 1.29 is 19.1 Å². The zero-order valence-electron chi connectivity index (χ0n) is 21.8. The molecule has 194 valence electrons. The summed E-state index contributed by atoms with van der Waals surface area (Å²) in [5.74, 6) is 0.650. The molecule has 8 nitrogen and oxygen atoms in total. The number of nitrogens with one attached hydrogen (secondary N) is 1. The molecule has 1 aliphatic heterocycles. The second-order valence-corrected chi connectivity index (χ2v) is 10.2. The van der Waals surface area contributed by atoms with E-state index in [1.807, 2.05) is 12.3 Å². The first-order valence-electron chi connectivity index (χ1n) is 12.8. The standard InChI is InChI=1S/C28H38N4O4/c1-19-15-32(16-21-7-6-12-29-14-21)20(2)18-36-25-13-23(30-27(33)22-8-5-9-22)10-11-24(25)28(34)31(3)17-26(19)35-4/h6-7,10-14,19-20,22,26H,5,8-9,15-18H2,1-4H3,(H,30,33)/t19-,20-,26+/m1/s1. The Labute approximate surface area is 214 Å². The summed E-state index contributed by atoms with van der Waals surface area (Å²) in [5.41, 5.74) is 2.26. The Balaban J connectivity index is 1.61. The van der Waals surface area contributed by atoms with Gasteiger partial charge in [-0.1, -0.05) is 19.4 Å². The number of aromatic nitrogens is 1. The average molecular weight is 495 g/mol. The summed E-state index contributed by atoms with van der Waals surface area (Å²) in [6.07, 6.45) is 6.51. The van der Waals surface area contributed by atoms with Gasteiger partial charge in [0.15, 0.2) is 0 Å². The number of hydrogen-bond acceptors (Lipinski definition) is 6.